The Labute approximate surface area is 64.4 Å². The van der Waals surface area contributed by atoms with Crippen LogP contribution in [-0.4, -0.2) is 12.2 Å². The molecule has 0 saturated heterocycles. The van der Waals surface area contributed by atoms with Crippen molar-refractivity contribution in [3.8, 4) is 0 Å². The van der Waals surface area contributed by atoms with Gasteiger partial charge < -0.3 is 5.73 Å². The van der Waals surface area contributed by atoms with Gasteiger partial charge in [-0.1, -0.05) is 11.6 Å². The Hall–Kier alpha value is -0.0500. The van der Waals surface area contributed by atoms with Crippen molar-refractivity contribution in [2.75, 3.05) is 0 Å². The molecule has 0 amide bonds. The van der Waals surface area contributed by atoms with E-state index in [1.165, 1.54) is 0 Å². The third kappa shape index (κ3) is 5.83. The Kier molecular flexibility index (Phi) is 4.77. The van der Waals surface area contributed by atoms with E-state index in [1.54, 1.807) is 6.08 Å². The molecular formula is C5H8Cl2N2. The van der Waals surface area contributed by atoms with Gasteiger partial charge in [0.15, 0.2) is 0 Å². The SMILES string of the molecule is C=N/C(Cl)=C\C[C@H](N)Cl. The van der Waals surface area contributed by atoms with Gasteiger partial charge in [-0.25, -0.2) is 0 Å². The molecule has 0 saturated carbocycles. The zero-order valence-corrected chi connectivity index (χ0v) is 6.36. The van der Waals surface area contributed by atoms with Crippen LogP contribution in [0.3, 0.4) is 0 Å². The number of alkyl halides is 1. The first-order chi connectivity index (χ1) is 4.16. The summed E-state index contributed by atoms with van der Waals surface area (Å²) in [6, 6.07) is 0. The van der Waals surface area contributed by atoms with Gasteiger partial charge in [0.05, 0.1) is 5.50 Å². The van der Waals surface area contributed by atoms with Gasteiger partial charge in [0.25, 0.3) is 0 Å². The van der Waals surface area contributed by atoms with Crippen LogP contribution >= 0.6 is 23.2 Å². The molecule has 0 aliphatic heterocycles. The lowest BCUT2D eigenvalue weighted by Crippen LogP contribution is -2.09. The summed E-state index contributed by atoms with van der Waals surface area (Å²) in [5, 5.41) is 0.339. The maximum absolute atomic E-state index is 5.43. The summed E-state index contributed by atoms with van der Waals surface area (Å²) in [6.45, 7) is 3.20. The first-order valence-corrected chi connectivity index (χ1v) is 3.20. The molecule has 0 radical (unpaired) electrons. The fraction of sp³-hybridized carbons (Fsp3) is 0.400. The van der Waals surface area contributed by atoms with E-state index in [9.17, 15) is 0 Å². The van der Waals surface area contributed by atoms with Crippen molar-refractivity contribution in [3.05, 3.63) is 11.2 Å². The zero-order valence-electron chi connectivity index (χ0n) is 4.85. The molecule has 0 rings (SSSR count). The second-order valence-corrected chi connectivity index (χ2v) is 2.38. The molecule has 2 N–H and O–H groups in total. The predicted molar refractivity (Wildman–Crippen MR) is 41.9 cm³/mol. The van der Waals surface area contributed by atoms with Gasteiger partial charge in [0.1, 0.15) is 5.16 Å². The van der Waals surface area contributed by atoms with E-state index in [0.29, 0.717) is 11.6 Å². The first kappa shape index (κ1) is 8.95. The van der Waals surface area contributed by atoms with Gasteiger partial charge in [-0.3, -0.25) is 4.99 Å². The van der Waals surface area contributed by atoms with Gasteiger partial charge >= 0.3 is 0 Å². The summed E-state index contributed by atoms with van der Waals surface area (Å²) in [6.07, 6.45) is 2.13. The number of hydrogen-bond donors (Lipinski definition) is 1. The number of nitrogens with two attached hydrogens (primary N) is 1. The summed E-state index contributed by atoms with van der Waals surface area (Å²) in [5.41, 5.74) is 4.81. The van der Waals surface area contributed by atoms with E-state index in [1.807, 2.05) is 0 Å². The van der Waals surface area contributed by atoms with Crippen LogP contribution in [0.2, 0.25) is 0 Å². The van der Waals surface area contributed by atoms with Gasteiger partial charge in [0.2, 0.25) is 0 Å². The van der Waals surface area contributed by atoms with Crippen LogP contribution in [0.25, 0.3) is 0 Å². The van der Waals surface area contributed by atoms with Crippen LogP contribution in [0.1, 0.15) is 6.42 Å². The molecule has 4 heteroatoms. The standard InChI is InChI=1S/C5H8Cl2N2/c1-9-5(7)3-2-4(6)8/h3-4H,1-2,8H2/b5-3-/t4-/m0/s1. The van der Waals surface area contributed by atoms with E-state index in [4.69, 9.17) is 28.9 Å². The fourth-order valence-corrected chi connectivity index (χ4v) is 0.453. The molecule has 0 aliphatic rings. The number of hydrogen-bond acceptors (Lipinski definition) is 2. The lowest BCUT2D eigenvalue weighted by Gasteiger charge is -1.94. The smallest absolute Gasteiger partial charge is 0.124 e. The van der Waals surface area contributed by atoms with Crippen molar-refractivity contribution in [2.45, 2.75) is 11.9 Å². The van der Waals surface area contributed by atoms with E-state index in [-0.39, 0.29) is 5.50 Å². The van der Waals surface area contributed by atoms with Crippen molar-refractivity contribution >= 4 is 29.9 Å². The minimum atomic E-state index is -0.388. The molecule has 0 spiro atoms. The van der Waals surface area contributed by atoms with Crippen molar-refractivity contribution in [1.82, 2.24) is 0 Å². The molecule has 2 nitrogen and oxygen atoms in total. The molecule has 0 aromatic rings. The highest BCUT2D eigenvalue weighted by Gasteiger charge is 1.91. The van der Waals surface area contributed by atoms with E-state index in [0.717, 1.165) is 0 Å². The van der Waals surface area contributed by atoms with E-state index in [2.05, 4.69) is 11.7 Å². The largest absolute Gasteiger partial charge is 0.315 e. The van der Waals surface area contributed by atoms with Crippen molar-refractivity contribution < 1.29 is 0 Å². The van der Waals surface area contributed by atoms with E-state index >= 15 is 0 Å². The van der Waals surface area contributed by atoms with Crippen LogP contribution in [-0.2, 0) is 0 Å². The van der Waals surface area contributed by atoms with Crippen LogP contribution in [0.5, 0.6) is 0 Å². The van der Waals surface area contributed by atoms with Crippen molar-refractivity contribution in [2.24, 2.45) is 10.7 Å². The molecule has 0 aliphatic carbocycles. The quantitative estimate of drug-likeness (QED) is 0.387. The molecule has 0 aromatic heterocycles. The minimum Gasteiger partial charge on any atom is -0.315 e. The predicted octanol–water partition coefficient (Wildman–Crippen LogP) is 1.68. The molecule has 0 heterocycles. The Morgan fingerprint density at radius 3 is 2.78 bits per heavy atom. The van der Waals surface area contributed by atoms with Crippen molar-refractivity contribution in [3.63, 3.8) is 0 Å². The minimum absolute atomic E-state index is 0.339. The molecule has 0 bridgehead atoms. The number of nitrogens with zero attached hydrogens (tertiary/aromatic N) is 1. The first-order valence-electron chi connectivity index (χ1n) is 2.39. The highest BCUT2D eigenvalue weighted by Crippen LogP contribution is 2.05. The second kappa shape index (κ2) is 4.79. The summed E-state index contributed by atoms with van der Waals surface area (Å²) in [4.78, 5) is 3.42. The molecule has 9 heavy (non-hydrogen) atoms. The maximum atomic E-state index is 5.43. The van der Waals surface area contributed by atoms with Crippen molar-refractivity contribution in [1.29, 1.82) is 0 Å². The molecule has 0 fully saturated rings. The molecule has 52 valence electrons. The lowest BCUT2D eigenvalue weighted by molar-refractivity contribution is 0.917. The summed E-state index contributed by atoms with van der Waals surface area (Å²) in [5.74, 6) is 0. The summed E-state index contributed by atoms with van der Waals surface area (Å²) >= 11 is 10.8. The average Bonchev–Trinajstić information content (AvgIpc) is 1.83. The van der Waals surface area contributed by atoms with Crippen LogP contribution < -0.4 is 5.73 Å². The molecular weight excluding hydrogens is 159 g/mol. The zero-order chi connectivity index (χ0) is 7.28. The van der Waals surface area contributed by atoms with Gasteiger partial charge in [0, 0.05) is 0 Å². The third-order valence-electron chi connectivity index (χ3n) is 0.663. The Balaban J connectivity index is 3.56. The normalized spacial score (nSPS) is 15.2. The van der Waals surface area contributed by atoms with Crippen LogP contribution in [0.4, 0.5) is 0 Å². The molecule has 1 atom stereocenters. The molecule has 0 unspecified atom stereocenters. The Morgan fingerprint density at radius 2 is 2.44 bits per heavy atom. The van der Waals surface area contributed by atoms with Crippen LogP contribution in [0, 0.1) is 0 Å². The highest BCUT2D eigenvalue weighted by atomic mass is 35.5. The third-order valence-corrected chi connectivity index (χ3v) is 1.11. The lowest BCUT2D eigenvalue weighted by atomic mass is 10.4. The second-order valence-electron chi connectivity index (χ2n) is 1.44. The average molecular weight is 167 g/mol. The number of aliphatic imine (C=N–C) groups is 1. The van der Waals surface area contributed by atoms with Gasteiger partial charge in [-0.15, -0.1) is 11.6 Å². The van der Waals surface area contributed by atoms with E-state index < -0.39 is 0 Å². The Morgan fingerprint density at radius 1 is 1.89 bits per heavy atom. The molecule has 0 aromatic carbocycles. The summed E-state index contributed by atoms with van der Waals surface area (Å²) < 4.78 is 0. The highest BCUT2D eigenvalue weighted by molar-refractivity contribution is 6.29. The number of rotatable bonds is 3. The fourth-order valence-electron chi connectivity index (χ4n) is 0.274. The van der Waals surface area contributed by atoms with Crippen LogP contribution in [0.15, 0.2) is 16.2 Å². The summed E-state index contributed by atoms with van der Waals surface area (Å²) in [7, 11) is 0. The number of halogens is 2. The Bertz CT molecular complexity index is 120. The monoisotopic (exact) mass is 166 g/mol. The topological polar surface area (TPSA) is 38.4 Å². The van der Waals surface area contributed by atoms with Gasteiger partial charge in [-0.2, -0.15) is 0 Å². The van der Waals surface area contributed by atoms with Gasteiger partial charge in [-0.05, 0) is 19.2 Å². The maximum Gasteiger partial charge on any atom is 0.124 e.